The zero-order valence-electron chi connectivity index (χ0n) is 21.0. The molecule has 0 radical (unpaired) electrons. The highest BCUT2D eigenvalue weighted by Crippen LogP contribution is 2.60. The molecule has 4 aliphatic rings. The smallest absolute Gasteiger partial charge is 0.122 e. The molecule has 0 aromatic heterocycles. The predicted octanol–water partition coefficient (Wildman–Crippen LogP) is 0.436. The van der Waals surface area contributed by atoms with Crippen LogP contribution in [-0.4, -0.2) is 84.1 Å². The Labute approximate surface area is 212 Å². The normalized spacial score (nSPS) is 51.5. The number of benzene rings is 1. The molecule has 0 amide bonds. The predicted molar refractivity (Wildman–Crippen MR) is 130 cm³/mol. The molecule has 0 aliphatic heterocycles. The van der Waals surface area contributed by atoms with Gasteiger partial charge in [0.2, 0.25) is 0 Å². The van der Waals surface area contributed by atoms with Crippen LogP contribution in [0.15, 0.2) is 30.3 Å². The standard InChI is InChI=1S/C28H42O8/c1-13-16-9-6-10-18(30)22(16)24(32)23-20(13)25(36-12-15-7-4-3-5-8-15)17-11-19(31)21(14(2)29)26(33)28(17,35)27(23)34/h3-5,7-8,13-14,16-27,29-35H,6,9-12H2,1-2H3. The zero-order chi connectivity index (χ0) is 25.9. The molecule has 15 unspecified atom stereocenters. The SMILES string of the molecule is CC(O)C1C(O)CC2C(OCc3ccccc3)C3C(C)C4CCCC(O)C4C(O)C3C(O)C2(O)C1O. The molecule has 4 aliphatic carbocycles. The van der Waals surface area contributed by atoms with Crippen LogP contribution in [0.1, 0.15) is 45.1 Å². The van der Waals surface area contributed by atoms with Crippen molar-refractivity contribution in [3.8, 4) is 0 Å². The molecule has 15 atom stereocenters. The lowest BCUT2D eigenvalue weighted by atomic mass is 9.45. The molecule has 202 valence electrons. The Kier molecular flexibility index (Phi) is 7.28. The van der Waals surface area contributed by atoms with E-state index in [0.717, 1.165) is 18.4 Å². The lowest BCUT2D eigenvalue weighted by Crippen LogP contribution is -2.77. The van der Waals surface area contributed by atoms with E-state index in [1.54, 1.807) is 0 Å². The summed E-state index contributed by atoms with van der Waals surface area (Å²) in [6, 6.07) is 9.59. The summed E-state index contributed by atoms with van der Waals surface area (Å²) in [6.45, 7) is 3.76. The molecule has 0 saturated heterocycles. The zero-order valence-corrected chi connectivity index (χ0v) is 21.0. The third kappa shape index (κ3) is 3.96. The van der Waals surface area contributed by atoms with Gasteiger partial charge >= 0.3 is 0 Å². The number of aliphatic hydroxyl groups excluding tert-OH is 6. The molecule has 7 N–H and O–H groups in total. The van der Waals surface area contributed by atoms with Crippen molar-refractivity contribution in [2.45, 2.75) is 94.5 Å². The molecule has 4 fully saturated rings. The van der Waals surface area contributed by atoms with Crippen molar-refractivity contribution >= 4 is 0 Å². The molecule has 8 heteroatoms. The number of rotatable bonds is 4. The van der Waals surface area contributed by atoms with Gasteiger partial charge in [0.25, 0.3) is 0 Å². The second-order valence-electron chi connectivity index (χ2n) is 12.0. The van der Waals surface area contributed by atoms with E-state index in [4.69, 9.17) is 4.74 Å². The first-order valence-electron chi connectivity index (χ1n) is 13.5. The third-order valence-electron chi connectivity index (χ3n) is 10.3. The minimum Gasteiger partial charge on any atom is -0.393 e. The maximum atomic E-state index is 12.1. The number of aliphatic hydroxyl groups is 7. The summed E-state index contributed by atoms with van der Waals surface area (Å²) < 4.78 is 6.51. The van der Waals surface area contributed by atoms with Crippen LogP contribution in [0.2, 0.25) is 0 Å². The lowest BCUT2D eigenvalue weighted by Gasteiger charge is -2.65. The summed E-state index contributed by atoms with van der Waals surface area (Å²) in [5.74, 6) is -3.47. The monoisotopic (exact) mass is 506 g/mol. The van der Waals surface area contributed by atoms with Gasteiger partial charge in [-0.15, -0.1) is 0 Å². The molecule has 36 heavy (non-hydrogen) atoms. The molecular weight excluding hydrogens is 464 g/mol. The van der Waals surface area contributed by atoms with E-state index in [9.17, 15) is 35.7 Å². The topological polar surface area (TPSA) is 151 Å². The Morgan fingerprint density at radius 1 is 0.944 bits per heavy atom. The summed E-state index contributed by atoms with van der Waals surface area (Å²) in [5, 5.41) is 78.8. The molecule has 1 aromatic carbocycles. The summed E-state index contributed by atoms with van der Waals surface area (Å²) >= 11 is 0. The van der Waals surface area contributed by atoms with Crippen LogP contribution in [0.3, 0.4) is 0 Å². The second-order valence-corrected chi connectivity index (χ2v) is 12.0. The van der Waals surface area contributed by atoms with E-state index >= 15 is 0 Å². The van der Waals surface area contributed by atoms with E-state index in [2.05, 4.69) is 6.92 Å². The number of ether oxygens (including phenoxy) is 1. The van der Waals surface area contributed by atoms with Crippen molar-refractivity contribution in [2.75, 3.05) is 0 Å². The summed E-state index contributed by atoms with van der Waals surface area (Å²) in [5.41, 5.74) is -1.17. The van der Waals surface area contributed by atoms with Crippen LogP contribution < -0.4 is 0 Å². The average Bonchev–Trinajstić information content (AvgIpc) is 2.84. The van der Waals surface area contributed by atoms with Gasteiger partial charge < -0.3 is 40.5 Å². The van der Waals surface area contributed by atoms with Crippen molar-refractivity contribution in [3.05, 3.63) is 35.9 Å². The first kappa shape index (κ1) is 26.5. The molecule has 1 aromatic rings. The van der Waals surface area contributed by atoms with Gasteiger partial charge in [0.1, 0.15) is 5.60 Å². The Morgan fingerprint density at radius 2 is 1.64 bits per heavy atom. The van der Waals surface area contributed by atoms with Crippen LogP contribution in [0, 0.1) is 41.4 Å². The van der Waals surface area contributed by atoms with Crippen LogP contribution in [0.25, 0.3) is 0 Å². The fourth-order valence-corrected chi connectivity index (χ4v) is 8.65. The molecule has 0 spiro atoms. The number of fused-ring (bicyclic) bond motifs is 3. The summed E-state index contributed by atoms with van der Waals surface area (Å²) in [6.07, 6.45) is -5.45. The molecule has 5 rings (SSSR count). The van der Waals surface area contributed by atoms with Gasteiger partial charge in [0, 0.05) is 23.7 Å². The fraction of sp³-hybridized carbons (Fsp3) is 0.786. The van der Waals surface area contributed by atoms with Gasteiger partial charge in [-0.05, 0) is 49.5 Å². The highest BCUT2D eigenvalue weighted by molar-refractivity contribution is 5.20. The van der Waals surface area contributed by atoms with Crippen molar-refractivity contribution in [3.63, 3.8) is 0 Å². The van der Waals surface area contributed by atoms with Gasteiger partial charge in [-0.1, -0.05) is 43.7 Å². The molecule has 0 heterocycles. The Morgan fingerprint density at radius 3 is 2.31 bits per heavy atom. The second kappa shape index (κ2) is 9.89. The average molecular weight is 507 g/mol. The van der Waals surface area contributed by atoms with E-state index in [0.29, 0.717) is 6.42 Å². The largest absolute Gasteiger partial charge is 0.393 e. The highest BCUT2D eigenvalue weighted by atomic mass is 16.5. The van der Waals surface area contributed by atoms with E-state index in [1.165, 1.54) is 6.92 Å². The Hall–Kier alpha value is -1.10. The van der Waals surface area contributed by atoms with Crippen molar-refractivity contribution in [2.24, 2.45) is 41.4 Å². The number of hydrogen-bond acceptors (Lipinski definition) is 8. The van der Waals surface area contributed by atoms with Crippen molar-refractivity contribution in [1.82, 2.24) is 0 Å². The summed E-state index contributed by atoms with van der Waals surface area (Å²) in [7, 11) is 0. The molecular formula is C28H42O8. The molecule has 4 saturated carbocycles. The Bertz CT molecular complexity index is 897. The first-order chi connectivity index (χ1) is 17.1. The lowest BCUT2D eigenvalue weighted by molar-refractivity contribution is -0.329. The first-order valence-corrected chi connectivity index (χ1v) is 13.5. The highest BCUT2D eigenvalue weighted by Gasteiger charge is 2.70. The minimum absolute atomic E-state index is 0.0258. The molecule has 0 bridgehead atoms. The van der Waals surface area contributed by atoms with Crippen LogP contribution in [-0.2, 0) is 11.3 Å². The van der Waals surface area contributed by atoms with Gasteiger partial charge in [0.05, 0.1) is 49.3 Å². The van der Waals surface area contributed by atoms with Crippen LogP contribution in [0.4, 0.5) is 0 Å². The fourth-order valence-electron chi connectivity index (χ4n) is 8.65. The van der Waals surface area contributed by atoms with Crippen molar-refractivity contribution in [1.29, 1.82) is 0 Å². The van der Waals surface area contributed by atoms with Gasteiger partial charge in [-0.3, -0.25) is 0 Å². The summed E-state index contributed by atoms with van der Waals surface area (Å²) in [4.78, 5) is 0. The van der Waals surface area contributed by atoms with Crippen LogP contribution in [0.5, 0.6) is 0 Å². The van der Waals surface area contributed by atoms with E-state index < -0.39 is 72.0 Å². The maximum absolute atomic E-state index is 12.1. The quantitative estimate of drug-likeness (QED) is 0.311. The van der Waals surface area contributed by atoms with Crippen LogP contribution >= 0.6 is 0 Å². The third-order valence-corrected chi connectivity index (χ3v) is 10.3. The van der Waals surface area contributed by atoms with Gasteiger partial charge in [-0.2, -0.15) is 0 Å². The van der Waals surface area contributed by atoms with Crippen molar-refractivity contribution < 1.29 is 40.5 Å². The van der Waals surface area contributed by atoms with Gasteiger partial charge in [-0.25, -0.2) is 0 Å². The Balaban J connectivity index is 1.57. The van der Waals surface area contributed by atoms with E-state index in [-0.39, 0.29) is 30.8 Å². The maximum Gasteiger partial charge on any atom is 0.122 e. The van der Waals surface area contributed by atoms with Gasteiger partial charge in [0.15, 0.2) is 0 Å². The minimum atomic E-state index is -2.10. The number of hydrogen-bond donors (Lipinski definition) is 7. The van der Waals surface area contributed by atoms with E-state index in [1.807, 2.05) is 30.3 Å². The molecule has 8 nitrogen and oxygen atoms in total.